The van der Waals surface area contributed by atoms with E-state index in [-0.39, 0.29) is 0 Å². The van der Waals surface area contributed by atoms with Crippen molar-refractivity contribution in [2.45, 2.75) is 83.3 Å². The summed E-state index contributed by atoms with van der Waals surface area (Å²) in [5.74, 6) is 1.87. The second-order valence-electron chi connectivity index (χ2n) is 7.55. The van der Waals surface area contributed by atoms with Crippen LogP contribution in [0, 0.1) is 11.8 Å². The van der Waals surface area contributed by atoms with Gasteiger partial charge in [0.25, 0.3) is 0 Å². The maximum absolute atomic E-state index is 3.70. The van der Waals surface area contributed by atoms with Gasteiger partial charge in [-0.2, -0.15) is 0 Å². The number of hydrogen-bond donors (Lipinski definition) is 1. The normalized spacial score (nSPS) is 36.3. The Morgan fingerprint density at radius 3 is 2.47 bits per heavy atom. The molecule has 3 rings (SSSR count). The van der Waals surface area contributed by atoms with E-state index in [1.54, 1.807) is 0 Å². The van der Waals surface area contributed by atoms with E-state index in [0.717, 1.165) is 30.0 Å². The second kappa shape index (κ2) is 6.13. The summed E-state index contributed by atoms with van der Waals surface area (Å²) in [4.78, 5) is 2.91. The van der Waals surface area contributed by atoms with Crippen LogP contribution in [-0.4, -0.2) is 36.1 Å². The SMILES string of the molecule is CC(C)C1CCCC(N(CC2CCCN2)C2CC2)C1. The van der Waals surface area contributed by atoms with E-state index >= 15 is 0 Å². The first-order valence-electron chi connectivity index (χ1n) is 8.73. The number of nitrogens with one attached hydrogen (secondary N) is 1. The number of rotatable bonds is 5. The van der Waals surface area contributed by atoms with Crippen molar-refractivity contribution in [1.29, 1.82) is 0 Å². The summed E-state index contributed by atoms with van der Waals surface area (Å²) >= 11 is 0. The molecule has 2 saturated carbocycles. The molecule has 0 aromatic carbocycles. The standard InChI is InChI=1S/C17H32N2/c1-13(2)14-5-3-7-17(11-14)19(16-8-9-16)12-15-6-4-10-18-15/h13-18H,3-12H2,1-2H3. The highest BCUT2D eigenvalue weighted by Gasteiger charge is 2.37. The monoisotopic (exact) mass is 264 g/mol. The van der Waals surface area contributed by atoms with Crippen molar-refractivity contribution in [3.63, 3.8) is 0 Å². The molecule has 1 N–H and O–H groups in total. The molecule has 0 aromatic rings. The van der Waals surface area contributed by atoms with Crippen LogP contribution in [0.1, 0.15) is 65.2 Å². The predicted octanol–water partition coefficient (Wildman–Crippen LogP) is 3.42. The van der Waals surface area contributed by atoms with Gasteiger partial charge < -0.3 is 5.32 Å². The molecule has 19 heavy (non-hydrogen) atoms. The molecule has 1 heterocycles. The molecular formula is C17H32N2. The van der Waals surface area contributed by atoms with Crippen molar-refractivity contribution in [1.82, 2.24) is 10.2 Å². The lowest BCUT2D eigenvalue weighted by Crippen LogP contribution is -2.46. The molecule has 1 aliphatic heterocycles. The Morgan fingerprint density at radius 1 is 1.00 bits per heavy atom. The van der Waals surface area contributed by atoms with E-state index in [2.05, 4.69) is 24.1 Å². The summed E-state index contributed by atoms with van der Waals surface area (Å²) in [5, 5.41) is 3.70. The lowest BCUT2D eigenvalue weighted by molar-refractivity contribution is 0.0987. The molecule has 1 saturated heterocycles. The molecule has 3 fully saturated rings. The molecule has 2 nitrogen and oxygen atoms in total. The van der Waals surface area contributed by atoms with Crippen molar-refractivity contribution in [3.8, 4) is 0 Å². The zero-order valence-corrected chi connectivity index (χ0v) is 12.9. The van der Waals surface area contributed by atoms with Gasteiger partial charge in [0.1, 0.15) is 0 Å². The zero-order valence-electron chi connectivity index (χ0n) is 12.9. The lowest BCUT2D eigenvalue weighted by Gasteiger charge is -2.40. The van der Waals surface area contributed by atoms with Gasteiger partial charge in [0, 0.05) is 24.7 Å². The molecule has 3 aliphatic rings. The second-order valence-corrected chi connectivity index (χ2v) is 7.55. The van der Waals surface area contributed by atoms with Crippen molar-refractivity contribution in [3.05, 3.63) is 0 Å². The third kappa shape index (κ3) is 3.52. The molecule has 0 aromatic heterocycles. The van der Waals surface area contributed by atoms with E-state index < -0.39 is 0 Å². The van der Waals surface area contributed by atoms with Crippen molar-refractivity contribution in [2.75, 3.05) is 13.1 Å². The Balaban J connectivity index is 1.59. The summed E-state index contributed by atoms with van der Waals surface area (Å²) in [5.41, 5.74) is 0. The summed E-state index contributed by atoms with van der Waals surface area (Å²) in [7, 11) is 0. The minimum absolute atomic E-state index is 0.792. The maximum atomic E-state index is 3.70. The molecule has 2 heteroatoms. The van der Waals surface area contributed by atoms with E-state index in [4.69, 9.17) is 0 Å². The quantitative estimate of drug-likeness (QED) is 0.818. The Hall–Kier alpha value is -0.0800. The third-order valence-electron chi connectivity index (χ3n) is 5.71. The van der Waals surface area contributed by atoms with Gasteiger partial charge in [-0.25, -0.2) is 0 Å². The molecule has 0 bridgehead atoms. The molecule has 3 atom stereocenters. The third-order valence-corrected chi connectivity index (χ3v) is 5.71. The Bertz CT molecular complexity index is 279. The van der Waals surface area contributed by atoms with Crippen LogP contribution in [0.2, 0.25) is 0 Å². The van der Waals surface area contributed by atoms with Crippen LogP contribution in [0.15, 0.2) is 0 Å². The topological polar surface area (TPSA) is 15.3 Å². The molecule has 0 amide bonds. The van der Waals surface area contributed by atoms with Crippen LogP contribution in [0.5, 0.6) is 0 Å². The minimum atomic E-state index is 0.792. The first-order valence-corrected chi connectivity index (χ1v) is 8.73. The highest BCUT2D eigenvalue weighted by molar-refractivity contribution is 4.94. The van der Waals surface area contributed by atoms with Crippen LogP contribution < -0.4 is 5.32 Å². The molecule has 0 radical (unpaired) electrons. The van der Waals surface area contributed by atoms with E-state index in [1.807, 2.05) is 0 Å². The van der Waals surface area contributed by atoms with Crippen molar-refractivity contribution >= 4 is 0 Å². The van der Waals surface area contributed by atoms with Crippen LogP contribution in [0.25, 0.3) is 0 Å². The number of nitrogens with zero attached hydrogens (tertiary/aromatic N) is 1. The van der Waals surface area contributed by atoms with Gasteiger partial charge in [-0.15, -0.1) is 0 Å². The van der Waals surface area contributed by atoms with Crippen LogP contribution in [0.4, 0.5) is 0 Å². The number of hydrogen-bond acceptors (Lipinski definition) is 2. The fourth-order valence-electron chi connectivity index (χ4n) is 4.28. The van der Waals surface area contributed by atoms with Crippen molar-refractivity contribution in [2.24, 2.45) is 11.8 Å². The predicted molar refractivity (Wildman–Crippen MR) is 81.3 cm³/mol. The Morgan fingerprint density at radius 2 is 1.84 bits per heavy atom. The zero-order chi connectivity index (χ0) is 13.2. The first kappa shape index (κ1) is 13.9. The van der Waals surface area contributed by atoms with Gasteiger partial charge in [0.15, 0.2) is 0 Å². The van der Waals surface area contributed by atoms with Gasteiger partial charge in [-0.1, -0.05) is 26.7 Å². The lowest BCUT2D eigenvalue weighted by atomic mass is 9.78. The summed E-state index contributed by atoms with van der Waals surface area (Å²) in [6.45, 7) is 7.43. The van der Waals surface area contributed by atoms with Crippen LogP contribution in [0.3, 0.4) is 0 Å². The van der Waals surface area contributed by atoms with Gasteiger partial charge in [0.05, 0.1) is 0 Å². The fourth-order valence-corrected chi connectivity index (χ4v) is 4.28. The minimum Gasteiger partial charge on any atom is -0.313 e. The first-order chi connectivity index (χ1) is 9.24. The van der Waals surface area contributed by atoms with E-state index in [0.29, 0.717) is 0 Å². The Labute approximate surface area is 119 Å². The highest BCUT2D eigenvalue weighted by Crippen LogP contribution is 2.38. The molecule has 0 spiro atoms. The Kier molecular flexibility index (Phi) is 4.48. The molecular weight excluding hydrogens is 232 g/mol. The maximum Gasteiger partial charge on any atom is 0.0195 e. The van der Waals surface area contributed by atoms with Crippen LogP contribution >= 0.6 is 0 Å². The van der Waals surface area contributed by atoms with Gasteiger partial charge in [0.2, 0.25) is 0 Å². The van der Waals surface area contributed by atoms with Gasteiger partial charge in [-0.3, -0.25) is 4.90 Å². The summed E-state index contributed by atoms with van der Waals surface area (Å²) in [6, 6.07) is 2.63. The fraction of sp³-hybridized carbons (Fsp3) is 1.00. The van der Waals surface area contributed by atoms with Gasteiger partial charge >= 0.3 is 0 Å². The summed E-state index contributed by atoms with van der Waals surface area (Å²) in [6.07, 6.45) is 11.6. The highest BCUT2D eigenvalue weighted by atomic mass is 15.2. The molecule has 110 valence electrons. The average molecular weight is 264 g/mol. The molecule has 3 unspecified atom stereocenters. The summed E-state index contributed by atoms with van der Waals surface area (Å²) < 4.78 is 0. The van der Waals surface area contributed by atoms with E-state index in [1.165, 1.54) is 64.5 Å². The molecule has 2 aliphatic carbocycles. The average Bonchev–Trinajstić information content (AvgIpc) is 3.13. The largest absolute Gasteiger partial charge is 0.313 e. The smallest absolute Gasteiger partial charge is 0.0195 e. The van der Waals surface area contributed by atoms with Crippen molar-refractivity contribution < 1.29 is 0 Å². The van der Waals surface area contributed by atoms with Crippen LogP contribution in [-0.2, 0) is 0 Å². The van der Waals surface area contributed by atoms with Gasteiger partial charge in [-0.05, 0) is 56.9 Å². The van der Waals surface area contributed by atoms with E-state index in [9.17, 15) is 0 Å².